The maximum atomic E-state index is 11.9. The van der Waals surface area contributed by atoms with E-state index in [1.807, 2.05) is 6.07 Å². The summed E-state index contributed by atoms with van der Waals surface area (Å²) in [6.45, 7) is 0. The van der Waals surface area contributed by atoms with Crippen molar-refractivity contribution in [1.82, 2.24) is 5.32 Å². The van der Waals surface area contributed by atoms with Crippen molar-refractivity contribution >= 4 is 5.91 Å². The van der Waals surface area contributed by atoms with E-state index in [2.05, 4.69) is 5.32 Å². The van der Waals surface area contributed by atoms with Gasteiger partial charge in [0.25, 0.3) is 0 Å². The monoisotopic (exact) mass is 277 g/mol. The number of benzene rings is 1. The number of nitrogens with one attached hydrogen (secondary N) is 1. The molecule has 1 fully saturated rings. The highest BCUT2D eigenvalue weighted by Crippen LogP contribution is 2.26. The quantitative estimate of drug-likeness (QED) is 0.870. The molecule has 1 aromatic carbocycles. The zero-order chi connectivity index (χ0) is 14.4. The molecule has 4 nitrogen and oxygen atoms in total. The summed E-state index contributed by atoms with van der Waals surface area (Å²) < 4.78 is 5.06. The van der Waals surface area contributed by atoms with Crippen molar-refractivity contribution in [1.29, 1.82) is 0 Å². The first-order valence-electron chi connectivity index (χ1n) is 7.34. The van der Waals surface area contributed by atoms with Crippen molar-refractivity contribution < 1.29 is 14.6 Å². The Morgan fingerprint density at radius 3 is 2.80 bits per heavy atom. The van der Waals surface area contributed by atoms with Gasteiger partial charge >= 0.3 is 0 Å². The number of amides is 1. The van der Waals surface area contributed by atoms with E-state index in [0.717, 1.165) is 18.4 Å². The van der Waals surface area contributed by atoms with Crippen molar-refractivity contribution in [2.24, 2.45) is 0 Å². The Morgan fingerprint density at radius 1 is 1.35 bits per heavy atom. The minimum atomic E-state index is 0.115. The van der Waals surface area contributed by atoms with E-state index in [9.17, 15) is 9.90 Å². The number of aryl methyl sites for hydroxylation is 1. The van der Waals surface area contributed by atoms with Crippen molar-refractivity contribution in [3.05, 3.63) is 23.8 Å². The van der Waals surface area contributed by atoms with Crippen molar-refractivity contribution in [3.63, 3.8) is 0 Å². The van der Waals surface area contributed by atoms with E-state index < -0.39 is 0 Å². The molecule has 1 saturated carbocycles. The van der Waals surface area contributed by atoms with Gasteiger partial charge in [-0.15, -0.1) is 0 Å². The molecule has 0 bridgehead atoms. The molecular formula is C16H23NO3. The maximum Gasteiger partial charge on any atom is 0.220 e. The molecule has 0 radical (unpaired) electrons. The summed E-state index contributed by atoms with van der Waals surface area (Å²) in [6.07, 6.45) is 7.09. The molecule has 1 aliphatic carbocycles. The van der Waals surface area contributed by atoms with Crippen LogP contribution in [-0.2, 0) is 11.2 Å². The normalized spacial score (nSPS) is 15.8. The molecule has 1 aliphatic rings. The first-order valence-corrected chi connectivity index (χ1v) is 7.34. The number of carbonyl (C=O) groups excluding carboxylic acids is 1. The van der Waals surface area contributed by atoms with Crippen LogP contribution >= 0.6 is 0 Å². The van der Waals surface area contributed by atoms with Gasteiger partial charge in [-0.1, -0.05) is 25.3 Å². The molecule has 0 spiro atoms. The number of ether oxygens (including phenoxy) is 1. The fraction of sp³-hybridized carbons (Fsp3) is 0.562. The number of phenolic OH excluding ortho intramolecular Hbond substituents is 1. The van der Waals surface area contributed by atoms with Crippen LogP contribution in [0.2, 0.25) is 0 Å². The van der Waals surface area contributed by atoms with E-state index >= 15 is 0 Å². The molecule has 1 amide bonds. The Labute approximate surface area is 120 Å². The second kappa shape index (κ2) is 7.17. The van der Waals surface area contributed by atoms with E-state index in [1.165, 1.54) is 26.4 Å². The Bertz CT molecular complexity index is 453. The first kappa shape index (κ1) is 14.7. The molecule has 0 atom stereocenters. The third kappa shape index (κ3) is 4.15. The summed E-state index contributed by atoms with van der Waals surface area (Å²) in [5, 5.41) is 12.6. The van der Waals surface area contributed by atoms with Crippen molar-refractivity contribution in [2.45, 2.75) is 51.0 Å². The summed E-state index contributed by atoms with van der Waals surface area (Å²) in [5.74, 6) is 0.696. The van der Waals surface area contributed by atoms with Gasteiger partial charge in [0.1, 0.15) is 0 Å². The number of rotatable bonds is 5. The minimum absolute atomic E-state index is 0.115. The Morgan fingerprint density at radius 2 is 2.10 bits per heavy atom. The molecule has 4 heteroatoms. The topological polar surface area (TPSA) is 58.6 Å². The summed E-state index contributed by atoms with van der Waals surface area (Å²) in [6, 6.07) is 5.58. The highest BCUT2D eigenvalue weighted by atomic mass is 16.5. The second-order valence-corrected chi connectivity index (χ2v) is 5.41. The molecule has 0 saturated heterocycles. The van der Waals surface area contributed by atoms with Crippen LogP contribution in [0, 0.1) is 0 Å². The Kier molecular flexibility index (Phi) is 5.27. The van der Waals surface area contributed by atoms with Crippen LogP contribution in [0.5, 0.6) is 11.5 Å². The molecule has 0 aromatic heterocycles. The third-order valence-corrected chi connectivity index (χ3v) is 3.86. The molecule has 2 rings (SSSR count). The van der Waals surface area contributed by atoms with Crippen LogP contribution in [0.4, 0.5) is 0 Å². The lowest BCUT2D eigenvalue weighted by molar-refractivity contribution is -0.121. The van der Waals surface area contributed by atoms with Crippen molar-refractivity contribution in [2.75, 3.05) is 7.11 Å². The van der Waals surface area contributed by atoms with Crippen LogP contribution in [0.3, 0.4) is 0 Å². The number of hydrogen-bond donors (Lipinski definition) is 2. The standard InChI is InChI=1S/C16H23NO3/c1-20-15-11-12(7-9-14(15)18)8-10-16(19)17-13-5-3-2-4-6-13/h7,9,11,13,18H,2-6,8,10H2,1H3,(H,17,19). The Balaban J connectivity index is 1.80. The third-order valence-electron chi connectivity index (χ3n) is 3.86. The number of methoxy groups -OCH3 is 1. The second-order valence-electron chi connectivity index (χ2n) is 5.41. The Hall–Kier alpha value is -1.71. The van der Waals surface area contributed by atoms with Crippen LogP contribution in [0.1, 0.15) is 44.1 Å². The van der Waals surface area contributed by atoms with E-state index in [4.69, 9.17) is 4.74 Å². The van der Waals surface area contributed by atoms with Crippen molar-refractivity contribution in [3.8, 4) is 11.5 Å². The van der Waals surface area contributed by atoms with Gasteiger partial charge in [0.2, 0.25) is 5.91 Å². The first-order chi connectivity index (χ1) is 9.69. The largest absolute Gasteiger partial charge is 0.504 e. The molecule has 2 N–H and O–H groups in total. The highest BCUT2D eigenvalue weighted by molar-refractivity contribution is 5.76. The number of hydrogen-bond acceptors (Lipinski definition) is 3. The lowest BCUT2D eigenvalue weighted by Crippen LogP contribution is -2.36. The average Bonchev–Trinajstić information content (AvgIpc) is 2.47. The van der Waals surface area contributed by atoms with E-state index in [-0.39, 0.29) is 11.7 Å². The summed E-state index contributed by atoms with van der Waals surface area (Å²) in [4.78, 5) is 11.9. The van der Waals surface area contributed by atoms with Crippen LogP contribution in [0.25, 0.3) is 0 Å². The number of carbonyl (C=O) groups is 1. The predicted molar refractivity (Wildman–Crippen MR) is 78.0 cm³/mol. The van der Waals surface area contributed by atoms with Crippen LogP contribution in [0.15, 0.2) is 18.2 Å². The maximum absolute atomic E-state index is 11.9. The summed E-state index contributed by atoms with van der Waals surface area (Å²) >= 11 is 0. The highest BCUT2D eigenvalue weighted by Gasteiger charge is 2.15. The number of phenols is 1. The van der Waals surface area contributed by atoms with E-state index in [0.29, 0.717) is 24.6 Å². The van der Waals surface area contributed by atoms with Gasteiger partial charge in [-0.2, -0.15) is 0 Å². The molecule has 110 valence electrons. The van der Waals surface area contributed by atoms with Gasteiger partial charge in [-0.05, 0) is 37.0 Å². The van der Waals surface area contributed by atoms with Gasteiger partial charge in [-0.25, -0.2) is 0 Å². The molecule has 0 heterocycles. The molecule has 1 aromatic rings. The summed E-state index contributed by atoms with van der Waals surface area (Å²) in [5.41, 5.74) is 0.999. The fourth-order valence-corrected chi connectivity index (χ4v) is 2.68. The predicted octanol–water partition coefficient (Wildman–Crippen LogP) is 2.78. The van der Waals surface area contributed by atoms with Gasteiger partial charge in [0.05, 0.1) is 7.11 Å². The molecular weight excluding hydrogens is 254 g/mol. The van der Waals surface area contributed by atoms with Gasteiger partial charge in [0, 0.05) is 12.5 Å². The lowest BCUT2D eigenvalue weighted by Gasteiger charge is -2.22. The van der Waals surface area contributed by atoms with Crippen LogP contribution < -0.4 is 10.1 Å². The van der Waals surface area contributed by atoms with Gasteiger partial charge < -0.3 is 15.2 Å². The molecule has 0 aliphatic heterocycles. The minimum Gasteiger partial charge on any atom is -0.504 e. The molecule has 20 heavy (non-hydrogen) atoms. The zero-order valence-electron chi connectivity index (χ0n) is 12.0. The lowest BCUT2D eigenvalue weighted by atomic mass is 9.95. The van der Waals surface area contributed by atoms with Gasteiger partial charge in [-0.3, -0.25) is 4.79 Å². The van der Waals surface area contributed by atoms with E-state index in [1.54, 1.807) is 12.1 Å². The average molecular weight is 277 g/mol. The molecule has 0 unspecified atom stereocenters. The zero-order valence-corrected chi connectivity index (χ0v) is 12.0. The number of aromatic hydroxyl groups is 1. The van der Waals surface area contributed by atoms with Crippen LogP contribution in [-0.4, -0.2) is 24.2 Å². The fourth-order valence-electron chi connectivity index (χ4n) is 2.68. The SMILES string of the molecule is COc1cc(CCC(=O)NC2CCCCC2)ccc1O. The summed E-state index contributed by atoms with van der Waals surface area (Å²) in [7, 11) is 1.52. The van der Waals surface area contributed by atoms with Gasteiger partial charge in [0.15, 0.2) is 11.5 Å². The smallest absolute Gasteiger partial charge is 0.220 e.